The predicted molar refractivity (Wildman–Crippen MR) is 101 cm³/mol. The number of rotatable bonds is 3. The van der Waals surface area contributed by atoms with Gasteiger partial charge >= 0.3 is 0 Å². The largest absolute Gasteiger partial charge is 0.351 e. The number of hydrogen-bond acceptors (Lipinski definition) is 3. The molecule has 1 aliphatic rings. The van der Waals surface area contributed by atoms with Crippen molar-refractivity contribution in [3.63, 3.8) is 0 Å². The molecule has 1 saturated heterocycles. The molecule has 1 aliphatic heterocycles. The Bertz CT molecular complexity index is 1010. The molecule has 0 atom stereocenters. The van der Waals surface area contributed by atoms with Gasteiger partial charge in [0.25, 0.3) is 11.1 Å². The molecular weight excluding hydrogens is 332 g/mol. The Morgan fingerprint density at radius 3 is 2.60 bits per heavy atom. The number of imide groups is 1. The van der Waals surface area contributed by atoms with Crippen molar-refractivity contribution in [2.24, 2.45) is 7.05 Å². The van der Waals surface area contributed by atoms with Crippen molar-refractivity contribution in [2.45, 2.75) is 6.54 Å². The number of hydrogen-bond donors (Lipinski definition) is 0. The molecule has 0 spiro atoms. The van der Waals surface area contributed by atoms with Crippen molar-refractivity contribution < 1.29 is 9.59 Å². The lowest BCUT2D eigenvalue weighted by Crippen LogP contribution is -2.27. The van der Waals surface area contributed by atoms with Crippen molar-refractivity contribution >= 4 is 39.8 Å². The number of amides is 2. The topological polar surface area (TPSA) is 42.3 Å². The molecule has 0 aliphatic carbocycles. The third-order valence-corrected chi connectivity index (χ3v) is 5.25. The summed E-state index contributed by atoms with van der Waals surface area (Å²) in [7, 11) is 1.91. The second-order valence-electron chi connectivity index (χ2n) is 5.95. The zero-order chi connectivity index (χ0) is 17.4. The second-order valence-corrected chi connectivity index (χ2v) is 6.94. The molecule has 0 radical (unpaired) electrons. The Balaban J connectivity index is 1.65. The Kier molecular flexibility index (Phi) is 3.93. The smallest absolute Gasteiger partial charge is 0.293 e. The van der Waals surface area contributed by atoms with E-state index < -0.39 is 0 Å². The molecule has 2 aromatic carbocycles. The first-order valence-corrected chi connectivity index (χ1v) is 8.78. The van der Waals surface area contributed by atoms with Gasteiger partial charge in [0.05, 0.1) is 11.4 Å². The molecule has 3 aromatic rings. The summed E-state index contributed by atoms with van der Waals surface area (Å²) in [5, 5.41) is 1.94. The van der Waals surface area contributed by atoms with Gasteiger partial charge in [0.1, 0.15) is 0 Å². The highest BCUT2D eigenvalue weighted by molar-refractivity contribution is 8.18. The number of carbonyl (C=O) groups excluding carboxylic acids is 2. The summed E-state index contributed by atoms with van der Waals surface area (Å²) in [4.78, 5) is 26.9. The molecule has 0 N–H and O–H groups in total. The van der Waals surface area contributed by atoms with Gasteiger partial charge in [-0.1, -0.05) is 42.5 Å². The minimum absolute atomic E-state index is 0.224. The second kappa shape index (κ2) is 6.26. The molecule has 25 heavy (non-hydrogen) atoms. The fraction of sp³-hybridized carbons (Fsp3) is 0.100. The number of aryl methyl sites for hydroxylation is 1. The van der Waals surface area contributed by atoms with E-state index in [0.717, 1.165) is 33.8 Å². The fourth-order valence-corrected chi connectivity index (χ4v) is 3.82. The number of thioether (sulfide) groups is 1. The van der Waals surface area contributed by atoms with Crippen LogP contribution in [0.1, 0.15) is 11.3 Å². The summed E-state index contributed by atoms with van der Waals surface area (Å²) in [5.74, 6) is -0.232. The standard InChI is InChI=1S/C20H16N2O2S/c1-21-11-5-9-16(21)12-18-19(23)22(20(24)25-18)13-15-8-4-7-14-6-2-3-10-17(14)15/h2-12H,13H2,1H3/b18-12+. The van der Waals surface area contributed by atoms with Crippen LogP contribution in [0, 0.1) is 0 Å². The van der Waals surface area contributed by atoms with Crippen LogP contribution in [0.25, 0.3) is 16.8 Å². The number of benzene rings is 2. The molecule has 124 valence electrons. The molecule has 4 rings (SSSR count). The average molecular weight is 348 g/mol. The molecule has 2 amide bonds. The van der Waals surface area contributed by atoms with Crippen molar-refractivity contribution in [3.8, 4) is 0 Å². The van der Waals surface area contributed by atoms with Gasteiger partial charge in [0.2, 0.25) is 0 Å². The maximum atomic E-state index is 12.7. The van der Waals surface area contributed by atoms with Gasteiger partial charge in [-0.3, -0.25) is 14.5 Å². The maximum Gasteiger partial charge on any atom is 0.293 e. The molecular formula is C20H16N2O2S. The normalized spacial score (nSPS) is 16.4. The summed E-state index contributed by atoms with van der Waals surface area (Å²) in [5.41, 5.74) is 1.87. The van der Waals surface area contributed by atoms with Crippen LogP contribution in [-0.4, -0.2) is 20.6 Å². The van der Waals surface area contributed by atoms with E-state index in [1.807, 2.05) is 72.4 Å². The van der Waals surface area contributed by atoms with Crippen LogP contribution in [0.3, 0.4) is 0 Å². The lowest BCUT2D eigenvalue weighted by atomic mass is 10.0. The molecule has 5 heteroatoms. The predicted octanol–water partition coefficient (Wildman–Crippen LogP) is 4.41. The van der Waals surface area contributed by atoms with Crippen molar-refractivity contribution in [2.75, 3.05) is 0 Å². The highest BCUT2D eigenvalue weighted by Crippen LogP contribution is 2.34. The van der Waals surface area contributed by atoms with Crippen LogP contribution < -0.4 is 0 Å². The average Bonchev–Trinajstić information content (AvgIpc) is 3.13. The monoisotopic (exact) mass is 348 g/mol. The van der Waals surface area contributed by atoms with E-state index >= 15 is 0 Å². The van der Waals surface area contributed by atoms with Crippen LogP contribution in [0.4, 0.5) is 4.79 Å². The van der Waals surface area contributed by atoms with Gasteiger partial charge < -0.3 is 4.57 Å². The van der Waals surface area contributed by atoms with Crippen LogP contribution in [-0.2, 0) is 18.4 Å². The van der Waals surface area contributed by atoms with E-state index in [-0.39, 0.29) is 17.7 Å². The summed E-state index contributed by atoms with van der Waals surface area (Å²) in [6.45, 7) is 0.288. The lowest BCUT2D eigenvalue weighted by Gasteiger charge is -2.14. The van der Waals surface area contributed by atoms with Crippen LogP contribution in [0.5, 0.6) is 0 Å². The first-order chi connectivity index (χ1) is 12.1. The Labute approximate surface area is 149 Å². The minimum Gasteiger partial charge on any atom is -0.351 e. The van der Waals surface area contributed by atoms with Gasteiger partial charge in [0, 0.05) is 18.9 Å². The van der Waals surface area contributed by atoms with E-state index in [9.17, 15) is 9.59 Å². The van der Waals surface area contributed by atoms with Crippen LogP contribution >= 0.6 is 11.8 Å². The van der Waals surface area contributed by atoms with Gasteiger partial charge in [-0.2, -0.15) is 0 Å². The first kappa shape index (κ1) is 15.7. The highest BCUT2D eigenvalue weighted by Gasteiger charge is 2.35. The number of aromatic nitrogens is 1. The summed E-state index contributed by atoms with van der Waals surface area (Å²) in [6, 6.07) is 17.8. The Morgan fingerprint density at radius 2 is 1.80 bits per heavy atom. The molecule has 1 fully saturated rings. The Morgan fingerprint density at radius 1 is 1.00 bits per heavy atom. The van der Waals surface area contributed by atoms with E-state index in [0.29, 0.717) is 4.91 Å². The summed E-state index contributed by atoms with van der Waals surface area (Å²) < 4.78 is 1.92. The molecule has 4 nitrogen and oxygen atoms in total. The van der Waals surface area contributed by atoms with Crippen molar-refractivity contribution in [3.05, 3.63) is 77.0 Å². The number of fused-ring (bicyclic) bond motifs is 1. The minimum atomic E-state index is -0.232. The molecule has 0 saturated carbocycles. The molecule has 2 heterocycles. The van der Waals surface area contributed by atoms with Gasteiger partial charge in [-0.15, -0.1) is 0 Å². The van der Waals surface area contributed by atoms with E-state index in [4.69, 9.17) is 0 Å². The zero-order valence-corrected chi connectivity index (χ0v) is 14.5. The molecule has 0 bridgehead atoms. The first-order valence-electron chi connectivity index (χ1n) is 7.97. The van der Waals surface area contributed by atoms with Crippen molar-refractivity contribution in [1.29, 1.82) is 0 Å². The SMILES string of the molecule is Cn1cccc1/C=C1/SC(=O)N(Cc2cccc3ccccc23)C1=O. The molecule has 1 aromatic heterocycles. The Hall–Kier alpha value is -2.79. The third kappa shape index (κ3) is 2.87. The summed E-state index contributed by atoms with van der Waals surface area (Å²) >= 11 is 0.999. The van der Waals surface area contributed by atoms with E-state index in [2.05, 4.69) is 0 Å². The van der Waals surface area contributed by atoms with Crippen LogP contribution in [0.15, 0.2) is 65.7 Å². The number of nitrogens with zero attached hydrogens (tertiary/aromatic N) is 2. The maximum absolute atomic E-state index is 12.7. The highest BCUT2D eigenvalue weighted by atomic mass is 32.2. The van der Waals surface area contributed by atoms with Crippen molar-refractivity contribution in [1.82, 2.24) is 9.47 Å². The van der Waals surface area contributed by atoms with Gasteiger partial charge in [-0.25, -0.2) is 0 Å². The lowest BCUT2D eigenvalue weighted by molar-refractivity contribution is -0.123. The third-order valence-electron chi connectivity index (χ3n) is 4.34. The van der Waals surface area contributed by atoms with E-state index in [1.165, 1.54) is 4.90 Å². The number of carbonyl (C=O) groups is 2. The molecule has 0 unspecified atom stereocenters. The quantitative estimate of drug-likeness (QED) is 0.658. The van der Waals surface area contributed by atoms with Crippen LogP contribution in [0.2, 0.25) is 0 Å². The van der Waals surface area contributed by atoms with Gasteiger partial charge in [0.15, 0.2) is 0 Å². The van der Waals surface area contributed by atoms with Gasteiger partial charge in [-0.05, 0) is 46.3 Å². The fourth-order valence-electron chi connectivity index (χ4n) is 3.00. The van der Waals surface area contributed by atoms with E-state index in [1.54, 1.807) is 6.08 Å². The zero-order valence-electron chi connectivity index (χ0n) is 13.7. The summed E-state index contributed by atoms with van der Waals surface area (Å²) in [6.07, 6.45) is 3.68.